The minimum absolute atomic E-state index is 0.907. The van der Waals surface area contributed by atoms with Crippen LogP contribution < -0.4 is 0 Å². The fourth-order valence-corrected chi connectivity index (χ4v) is 11.4. The number of benzene rings is 8. The lowest BCUT2D eigenvalue weighted by atomic mass is 10.1. The highest BCUT2D eigenvalue weighted by Crippen LogP contribution is 2.56. The van der Waals surface area contributed by atoms with E-state index >= 15 is 0 Å². The van der Waals surface area contributed by atoms with E-state index in [0.717, 1.165) is 55.3 Å². The monoisotopic (exact) mass is 726 g/mol. The molecule has 1 aliphatic rings. The predicted octanol–water partition coefficient (Wildman–Crippen LogP) is 14.3. The largest absolute Gasteiger partial charge is 0.456 e. The molecule has 0 N–H and O–H groups in total. The smallest absolute Gasteiger partial charge is 0.135 e. The summed E-state index contributed by atoms with van der Waals surface area (Å²) in [6.45, 7) is 0. The van der Waals surface area contributed by atoms with Crippen LogP contribution in [0.15, 0.2) is 186 Å². The molecule has 0 saturated heterocycles. The van der Waals surface area contributed by atoms with Gasteiger partial charge in [-0.2, -0.15) is 0 Å². The van der Waals surface area contributed by atoms with Crippen LogP contribution in [0.2, 0.25) is 0 Å². The Morgan fingerprint density at radius 3 is 1.22 bits per heavy atom. The quantitative estimate of drug-likeness (QED) is 0.178. The zero-order valence-electron chi connectivity index (χ0n) is 28.5. The van der Waals surface area contributed by atoms with E-state index in [4.69, 9.17) is 8.83 Å². The van der Waals surface area contributed by atoms with Crippen LogP contribution in [-0.4, -0.2) is 9.13 Å². The Morgan fingerprint density at radius 2 is 0.741 bits per heavy atom. The van der Waals surface area contributed by atoms with E-state index in [9.17, 15) is 0 Å². The van der Waals surface area contributed by atoms with Gasteiger partial charge in [0, 0.05) is 74.0 Å². The van der Waals surface area contributed by atoms with E-state index in [1.807, 2.05) is 47.8 Å². The summed E-state index contributed by atoms with van der Waals surface area (Å²) in [7, 11) is 0. The number of rotatable bonds is 2. The topological polar surface area (TPSA) is 36.1 Å². The maximum absolute atomic E-state index is 6.20. The van der Waals surface area contributed by atoms with Crippen molar-refractivity contribution in [3.63, 3.8) is 0 Å². The first-order valence-corrected chi connectivity index (χ1v) is 19.7. The van der Waals surface area contributed by atoms with Crippen LogP contribution in [0.3, 0.4) is 0 Å². The van der Waals surface area contributed by atoms with Crippen molar-refractivity contribution >= 4 is 111 Å². The van der Waals surface area contributed by atoms with Crippen molar-refractivity contribution in [3.05, 3.63) is 158 Å². The first kappa shape index (κ1) is 29.2. The van der Waals surface area contributed by atoms with Gasteiger partial charge in [-0.25, -0.2) is 0 Å². The summed E-state index contributed by atoms with van der Waals surface area (Å²) in [6.07, 6.45) is 0. The highest BCUT2D eigenvalue weighted by molar-refractivity contribution is 8.05. The molecule has 252 valence electrons. The summed E-state index contributed by atoms with van der Waals surface area (Å²) in [5.74, 6) is 0. The van der Waals surface area contributed by atoms with Crippen molar-refractivity contribution in [2.24, 2.45) is 0 Å². The number of fused-ring (bicyclic) bond motifs is 16. The number of para-hydroxylation sites is 4. The second kappa shape index (κ2) is 10.6. The van der Waals surface area contributed by atoms with Crippen LogP contribution in [0.25, 0.3) is 98.9 Å². The number of hydrogen-bond acceptors (Lipinski definition) is 4. The molecule has 0 radical (unpaired) electrons. The first-order valence-electron chi connectivity index (χ1n) is 18.1. The van der Waals surface area contributed by atoms with Gasteiger partial charge in [0.05, 0.1) is 22.1 Å². The Balaban J connectivity index is 1.01. The van der Waals surface area contributed by atoms with E-state index in [-0.39, 0.29) is 0 Å². The SMILES string of the molecule is c1ccc2c(c1)oc1ccc(-n3c4ccccc4c4c5c(ccc43)Sc3c(ccc4c3c3ccccc3n4-c3ccc4oc6ccccc6c4c3)S5)cc12. The molecule has 0 unspecified atom stereocenters. The molecule has 1 aliphatic heterocycles. The third-order valence-electron chi connectivity index (χ3n) is 11.2. The van der Waals surface area contributed by atoms with Crippen molar-refractivity contribution in [1.29, 1.82) is 0 Å². The summed E-state index contributed by atoms with van der Waals surface area (Å²) >= 11 is 3.81. The molecule has 13 rings (SSSR count). The molecule has 4 aromatic heterocycles. The van der Waals surface area contributed by atoms with Crippen LogP contribution in [0.4, 0.5) is 0 Å². The van der Waals surface area contributed by atoms with Gasteiger partial charge in [-0.3, -0.25) is 0 Å². The molecule has 12 aromatic rings. The zero-order chi connectivity index (χ0) is 35.1. The zero-order valence-corrected chi connectivity index (χ0v) is 30.2. The molecule has 0 atom stereocenters. The van der Waals surface area contributed by atoms with E-state index in [1.165, 1.54) is 63.2 Å². The van der Waals surface area contributed by atoms with Gasteiger partial charge in [-0.05, 0) is 84.9 Å². The molecule has 6 heteroatoms. The molecule has 8 aromatic carbocycles. The Labute approximate surface area is 316 Å². The van der Waals surface area contributed by atoms with E-state index in [2.05, 4.69) is 143 Å². The lowest BCUT2D eigenvalue weighted by Crippen LogP contribution is -1.96. The minimum Gasteiger partial charge on any atom is -0.456 e. The van der Waals surface area contributed by atoms with E-state index < -0.39 is 0 Å². The molecule has 5 heterocycles. The highest BCUT2D eigenvalue weighted by Gasteiger charge is 2.27. The van der Waals surface area contributed by atoms with Gasteiger partial charge in [0.15, 0.2) is 0 Å². The normalized spacial score (nSPS) is 13.0. The van der Waals surface area contributed by atoms with Gasteiger partial charge in [0.2, 0.25) is 0 Å². The molecule has 54 heavy (non-hydrogen) atoms. The van der Waals surface area contributed by atoms with Crippen LogP contribution in [0.1, 0.15) is 0 Å². The fourth-order valence-electron chi connectivity index (χ4n) is 8.87. The van der Waals surface area contributed by atoms with Gasteiger partial charge in [0.1, 0.15) is 22.3 Å². The predicted molar refractivity (Wildman–Crippen MR) is 224 cm³/mol. The van der Waals surface area contributed by atoms with Gasteiger partial charge in [0.25, 0.3) is 0 Å². The summed E-state index contributed by atoms with van der Waals surface area (Å²) in [5.41, 5.74) is 10.7. The molecule has 0 spiro atoms. The average molecular weight is 727 g/mol. The average Bonchev–Trinajstić information content (AvgIpc) is 3.97. The van der Waals surface area contributed by atoms with E-state index in [0.29, 0.717) is 0 Å². The summed E-state index contributed by atoms with van der Waals surface area (Å²) in [6, 6.07) is 56.7. The molecule has 4 nitrogen and oxygen atoms in total. The van der Waals surface area contributed by atoms with Crippen molar-refractivity contribution in [1.82, 2.24) is 9.13 Å². The van der Waals surface area contributed by atoms with Gasteiger partial charge in [-0.15, -0.1) is 0 Å². The van der Waals surface area contributed by atoms with Crippen molar-refractivity contribution in [2.75, 3.05) is 0 Å². The van der Waals surface area contributed by atoms with Crippen molar-refractivity contribution in [2.45, 2.75) is 19.6 Å². The molecule has 0 aliphatic carbocycles. The van der Waals surface area contributed by atoms with E-state index in [1.54, 1.807) is 0 Å². The number of aromatic nitrogens is 2. The van der Waals surface area contributed by atoms with Crippen LogP contribution in [0.5, 0.6) is 0 Å². The van der Waals surface area contributed by atoms with Crippen molar-refractivity contribution < 1.29 is 8.83 Å². The third-order valence-corrected chi connectivity index (χ3v) is 13.8. The molecular formula is C48H26N2O2S2. The van der Waals surface area contributed by atoms with Crippen LogP contribution in [0, 0.1) is 0 Å². The number of hydrogen-bond donors (Lipinski definition) is 0. The Morgan fingerprint density at radius 1 is 0.333 bits per heavy atom. The van der Waals surface area contributed by atoms with Crippen LogP contribution in [-0.2, 0) is 0 Å². The number of nitrogens with zero attached hydrogens (tertiary/aromatic N) is 2. The molecule has 0 fully saturated rings. The summed E-state index contributed by atoms with van der Waals surface area (Å²) < 4.78 is 17.2. The second-order valence-corrected chi connectivity index (χ2v) is 16.1. The molecule has 0 bridgehead atoms. The number of furan rings is 2. The Hall–Kier alpha value is -6.34. The van der Waals surface area contributed by atoms with Gasteiger partial charge < -0.3 is 18.0 Å². The molecule has 0 amide bonds. The first-order chi connectivity index (χ1) is 26.8. The Bertz CT molecular complexity index is 3340. The minimum atomic E-state index is 0.907. The van der Waals surface area contributed by atoms with Crippen LogP contribution >= 0.6 is 23.5 Å². The third kappa shape index (κ3) is 3.86. The maximum Gasteiger partial charge on any atom is 0.135 e. The standard InChI is InChI=1S/C48H26N2O2S2/c1-5-13-35-31(11-1)45-37(49(35)27-17-21-41-33(25-27)29-9-3-7-15-39(29)51-41)19-23-43-47(45)53-44-24-20-38-46(48(44)54-43)32-12-2-6-14-36(32)50(38)28-18-22-42-34(26-28)30-10-4-8-16-40(30)52-42/h1-26H. The lowest BCUT2D eigenvalue weighted by Gasteiger charge is -2.21. The molecule has 0 saturated carbocycles. The van der Waals surface area contributed by atoms with Crippen molar-refractivity contribution in [3.8, 4) is 11.4 Å². The Kier molecular flexibility index (Phi) is 5.74. The lowest BCUT2D eigenvalue weighted by molar-refractivity contribution is 0.668. The molecular weight excluding hydrogens is 701 g/mol. The van der Waals surface area contributed by atoms with Gasteiger partial charge in [-0.1, -0.05) is 96.3 Å². The fraction of sp³-hybridized carbons (Fsp3) is 0. The highest BCUT2D eigenvalue weighted by atomic mass is 32.2. The summed E-state index contributed by atoms with van der Waals surface area (Å²) in [5, 5.41) is 9.66. The summed E-state index contributed by atoms with van der Waals surface area (Å²) in [4.78, 5) is 5.20. The second-order valence-electron chi connectivity index (χ2n) is 14.0. The maximum atomic E-state index is 6.20. The van der Waals surface area contributed by atoms with Gasteiger partial charge >= 0.3 is 0 Å².